The second kappa shape index (κ2) is 7.85. The quantitative estimate of drug-likeness (QED) is 0.894. The standard InChI is InChI=1S/C17H24N2O4/c1-12(20)19-8-6-13(7-9-19)17(21)18-11-14-10-15(22-2)4-5-16(14)23-3/h4-5,10,13H,6-9,11H2,1-3H3,(H,18,21). The number of benzene rings is 1. The Balaban J connectivity index is 1.91. The molecule has 0 unspecified atom stereocenters. The summed E-state index contributed by atoms with van der Waals surface area (Å²) < 4.78 is 10.5. The van der Waals surface area contributed by atoms with Crippen LogP contribution in [0.4, 0.5) is 0 Å². The molecular formula is C17H24N2O4. The summed E-state index contributed by atoms with van der Waals surface area (Å²) in [7, 11) is 3.21. The smallest absolute Gasteiger partial charge is 0.223 e. The van der Waals surface area contributed by atoms with E-state index in [4.69, 9.17) is 9.47 Å². The lowest BCUT2D eigenvalue weighted by molar-refractivity contribution is -0.134. The molecule has 1 saturated heterocycles. The van der Waals surface area contributed by atoms with E-state index in [1.165, 1.54) is 0 Å². The number of hydrogen-bond donors (Lipinski definition) is 1. The van der Waals surface area contributed by atoms with Gasteiger partial charge in [-0.2, -0.15) is 0 Å². The Morgan fingerprint density at radius 1 is 1.22 bits per heavy atom. The van der Waals surface area contributed by atoms with E-state index in [0.29, 0.717) is 32.5 Å². The summed E-state index contributed by atoms with van der Waals surface area (Å²) >= 11 is 0. The number of amides is 2. The predicted octanol–water partition coefficient (Wildman–Crippen LogP) is 1.58. The van der Waals surface area contributed by atoms with Gasteiger partial charge in [0, 0.05) is 38.0 Å². The van der Waals surface area contributed by atoms with Gasteiger partial charge in [-0.25, -0.2) is 0 Å². The zero-order valence-corrected chi connectivity index (χ0v) is 13.9. The molecule has 0 aliphatic carbocycles. The van der Waals surface area contributed by atoms with Crippen molar-refractivity contribution in [3.05, 3.63) is 23.8 Å². The van der Waals surface area contributed by atoms with Gasteiger partial charge in [0.2, 0.25) is 11.8 Å². The number of ether oxygens (including phenoxy) is 2. The van der Waals surface area contributed by atoms with Crippen molar-refractivity contribution in [1.82, 2.24) is 10.2 Å². The Morgan fingerprint density at radius 3 is 2.48 bits per heavy atom. The van der Waals surface area contributed by atoms with Crippen molar-refractivity contribution < 1.29 is 19.1 Å². The van der Waals surface area contributed by atoms with E-state index in [0.717, 1.165) is 17.1 Å². The Morgan fingerprint density at radius 2 is 1.91 bits per heavy atom. The second-order valence-corrected chi connectivity index (χ2v) is 5.68. The van der Waals surface area contributed by atoms with Crippen LogP contribution in [0.25, 0.3) is 0 Å². The van der Waals surface area contributed by atoms with Crippen molar-refractivity contribution in [1.29, 1.82) is 0 Å². The molecule has 0 saturated carbocycles. The van der Waals surface area contributed by atoms with Crippen molar-refractivity contribution in [3.63, 3.8) is 0 Å². The van der Waals surface area contributed by atoms with E-state index in [1.54, 1.807) is 26.0 Å². The highest BCUT2D eigenvalue weighted by Gasteiger charge is 2.25. The number of nitrogens with one attached hydrogen (secondary N) is 1. The molecule has 0 radical (unpaired) electrons. The van der Waals surface area contributed by atoms with Crippen LogP contribution in [-0.4, -0.2) is 44.0 Å². The Labute approximate surface area is 136 Å². The van der Waals surface area contributed by atoms with E-state index < -0.39 is 0 Å². The third-order valence-electron chi connectivity index (χ3n) is 4.25. The van der Waals surface area contributed by atoms with Crippen LogP contribution in [0, 0.1) is 5.92 Å². The minimum Gasteiger partial charge on any atom is -0.497 e. The van der Waals surface area contributed by atoms with Crippen molar-refractivity contribution in [2.24, 2.45) is 5.92 Å². The molecule has 0 atom stereocenters. The van der Waals surface area contributed by atoms with Gasteiger partial charge in [-0.15, -0.1) is 0 Å². The first kappa shape index (κ1) is 17.1. The molecule has 1 N–H and O–H groups in total. The predicted molar refractivity (Wildman–Crippen MR) is 86.4 cm³/mol. The van der Waals surface area contributed by atoms with Gasteiger partial charge in [0.15, 0.2) is 0 Å². The molecule has 1 aliphatic heterocycles. The normalized spacial score (nSPS) is 15.2. The average molecular weight is 320 g/mol. The lowest BCUT2D eigenvalue weighted by Crippen LogP contribution is -2.42. The lowest BCUT2D eigenvalue weighted by Gasteiger charge is -2.30. The van der Waals surface area contributed by atoms with Gasteiger partial charge in [0.05, 0.1) is 14.2 Å². The van der Waals surface area contributed by atoms with E-state index in [1.807, 2.05) is 18.2 Å². The highest BCUT2D eigenvalue weighted by molar-refractivity contribution is 5.79. The molecule has 1 heterocycles. The molecule has 1 aliphatic rings. The fraction of sp³-hybridized carbons (Fsp3) is 0.529. The average Bonchev–Trinajstić information content (AvgIpc) is 2.59. The van der Waals surface area contributed by atoms with Gasteiger partial charge < -0.3 is 19.7 Å². The van der Waals surface area contributed by atoms with Crippen LogP contribution in [0.3, 0.4) is 0 Å². The highest BCUT2D eigenvalue weighted by Crippen LogP contribution is 2.24. The maximum atomic E-state index is 12.3. The van der Waals surface area contributed by atoms with Crippen molar-refractivity contribution in [3.8, 4) is 11.5 Å². The number of likely N-dealkylation sites (tertiary alicyclic amines) is 1. The summed E-state index contributed by atoms with van der Waals surface area (Å²) in [4.78, 5) is 25.4. The maximum absolute atomic E-state index is 12.3. The van der Waals surface area contributed by atoms with Gasteiger partial charge in [0.1, 0.15) is 11.5 Å². The maximum Gasteiger partial charge on any atom is 0.223 e. The minimum absolute atomic E-state index is 0.0260. The van der Waals surface area contributed by atoms with Crippen LogP contribution in [0.5, 0.6) is 11.5 Å². The van der Waals surface area contributed by atoms with E-state index >= 15 is 0 Å². The van der Waals surface area contributed by atoms with Crippen LogP contribution in [0.1, 0.15) is 25.3 Å². The van der Waals surface area contributed by atoms with Crippen LogP contribution in [-0.2, 0) is 16.1 Å². The summed E-state index contributed by atoms with van der Waals surface area (Å²) in [6, 6.07) is 5.50. The van der Waals surface area contributed by atoms with Gasteiger partial charge in [-0.3, -0.25) is 9.59 Å². The first-order valence-electron chi connectivity index (χ1n) is 7.79. The molecule has 2 rings (SSSR count). The summed E-state index contributed by atoms with van der Waals surface area (Å²) in [6.07, 6.45) is 1.42. The lowest BCUT2D eigenvalue weighted by atomic mass is 9.96. The number of piperidine rings is 1. The first-order chi connectivity index (χ1) is 11.0. The second-order valence-electron chi connectivity index (χ2n) is 5.68. The largest absolute Gasteiger partial charge is 0.497 e. The fourth-order valence-corrected chi connectivity index (χ4v) is 2.80. The van der Waals surface area contributed by atoms with Crippen LogP contribution in [0.15, 0.2) is 18.2 Å². The highest BCUT2D eigenvalue weighted by atomic mass is 16.5. The van der Waals surface area contributed by atoms with Gasteiger partial charge in [-0.1, -0.05) is 0 Å². The third kappa shape index (κ3) is 4.37. The number of rotatable bonds is 5. The molecule has 1 aromatic rings. The van der Waals surface area contributed by atoms with E-state index in [-0.39, 0.29) is 17.7 Å². The van der Waals surface area contributed by atoms with Crippen molar-refractivity contribution >= 4 is 11.8 Å². The topological polar surface area (TPSA) is 67.9 Å². The molecule has 0 aromatic heterocycles. The van der Waals surface area contributed by atoms with E-state index in [9.17, 15) is 9.59 Å². The minimum atomic E-state index is -0.0396. The molecule has 126 valence electrons. The van der Waals surface area contributed by atoms with Gasteiger partial charge in [-0.05, 0) is 31.0 Å². The van der Waals surface area contributed by atoms with Crippen LogP contribution >= 0.6 is 0 Å². The van der Waals surface area contributed by atoms with Crippen LogP contribution in [0.2, 0.25) is 0 Å². The molecule has 6 heteroatoms. The van der Waals surface area contributed by atoms with Crippen molar-refractivity contribution in [2.45, 2.75) is 26.3 Å². The number of hydrogen-bond acceptors (Lipinski definition) is 4. The summed E-state index contributed by atoms with van der Waals surface area (Å²) in [5.74, 6) is 1.51. The summed E-state index contributed by atoms with van der Waals surface area (Å²) in [6.45, 7) is 3.26. The van der Waals surface area contributed by atoms with Crippen LogP contribution < -0.4 is 14.8 Å². The zero-order chi connectivity index (χ0) is 16.8. The molecule has 2 amide bonds. The number of carbonyl (C=O) groups excluding carboxylic acids is 2. The molecular weight excluding hydrogens is 296 g/mol. The van der Waals surface area contributed by atoms with Gasteiger partial charge >= 0.3 is 0 Å². The zero-order valence-electron chi connectivity index (χ0n) is 13.9. The first-order valence-corrected chi connectivity index (χ1v) is 7.79. The molecule has 6 nitrogen and oxygen atoms in total. The summed E-state index contributed by atoms with van der Waals surface area (Å²) in [5.41, 5.74) is 0.876. The van der Waals surface area contributed by atoms with Gasteiger partial charge in [0.25, 0.3) is 0 Å². The molecule has 1 fully saturated rings. The molecule has 0 bridgehead atoms. The number of nitrogens with zero attached hydrogens (tertiary/aromatic N) is 1. The molecule has 23 heavy (non-hydrogen) atoms. The molecule has 1 aromatic carbocycles. The monoisotopic (exact) mass is 320 g/mol. The Kier molecular flexibility index (Phi) is 5.84. The Bertz CT molecular complexity index is 566. The van der Waals surface area contributed by atoms with E-state index in [2.05, 4.69) is 5.32 Å². The van der Waals surface area contributed by atoms with Crippen molar-refractivity contribution in [2.75, 3.05) is 27.3 Å². The molecule has 0 spiro atoms. The number of carbonyl (C=O) groups is 2. The SMILES string of the molecule is COc1ccc(OC)c(CNC(=O)C2CCN(C(C)=O)CC2)c1. The fourth-order valence-electron chi connectivity index (χ4n) is 2.80. The number of methoxy groups -OCH3 is 2. The summed E-state index contributed by atoms with van der Waals surface area (Å²) in [5, 5.41) is 2.96. The third-order valence-corrected chi connectivity index (χ3v) is 4.25. The Hall–Kier alpha value is -2.24.